The zero-order valence-corrected chi connectivity index (χ0v) is 9.98. The molecule has 100 valence electrons. The Labute approximate surface area is 106 Å². The number of carbonyl (C=O) groups is 1. The number of aromatic hydroxyl groups is 2. The number of hydrogen-bond acceptors (Lipinski definition) is 4. The lowest BCUT2D eigenvalue weighted by molar-refractivity contribution is 0.0998. The number of phenols is 2. The first-order chi connectivity index (χ1) is 8.88. The van der Waals surface area contributed by atoms with E-state index in [1.165, 1.54) is 10.8 Å². The molecule has 0 spiro atoms. The van der Waals surface area contributed by atoms with Crippen LogP contribution in [0.25, 0.3) is 10.9 Å². The number of benzene rings is 1. The summed E-state index contributed by atoms with van der Waals surface area (Å²) in [5, 5.41) is 18.2. The van der Waals surface area contributed by atoms with Crippen molar-refractivity contribution in [3.63, 3.8) is 0 Å². The number of nitrogens with zero attached hydrogens (tertiary/aromatic N) is 1. The van der Waals surface area contributed by atoms with Crippen LogP contribution in [0.2, 0.25) is 0 Å². The quantitative estimate of drug-likeness (QED) is 0.694. The van der Waals surface area contributed by atoms with Crippen LogP contribution in [-0.4, -0.2) is 20.7 Å². The van der Waals surface area contributed by atoms with Crippen molar-refractivity contribution in [2.75, 3.05) is 0 Å². The summed E-state index contributed by atoms with van der Waals surface area (Å²) in [6.07, 6.45) is 1.20. The van der Waals surface area contributed by atoms with Gasteiger partial charge in [-0.15, -0.1) is 0 Å². The summed E-state index contributed by atoms with van der Waals surface area (Å²) in [7, 11) is 0. The Kier molecular flexibility index (Phi) is 2.89. The Morgan fingerprint density at radius 1 is 1.47 bits per heavy atom. The molecule has 1 aromatic heterocycles. The molecule has 0 saturated carbocycles. The number of halogens is 1. The van der Waals surface area contributed by atoms with Crippen LogP contribution in [0.3, 0.4) is 0 Å². The lowest BCUT2D eigenvalue weighted by Crippen LogP contribution is -2.24. The minimum atomic E-state index is -1.27. The molecule has 1 aromatic carbocycles. The van der Waals surface area contributed by atoms with Crippen LogP contribution in [-0.2, 0) is 6.54 Å². The SMILES string of the molecule is CCn1cc(C(N)=O)c(=O)c2c(F)c(O)c(O)cc21. The molecule has 19 heavy (non-hydrogen) atoms. The standard InChI is InChI=1S/C12H11FN2O4/c1-2-15-4-5(12(14)19)10(17)8-6(15)3-7(16)11(18)9(8)13/h3-4,16,18H,2H2,1H3,(H2,14,19). The van der Waals surface area contributed by atoms with E-state index in [4.69, 9.17) is 5.73 Å². The highest BCUT2D eigenvalue weighted by Crippen LogP contribution is 2.33. The minimum absolute atomic E-state index is 0.0744. The monoisotopic (exact) mass is 266 g/mol. The predicted octanol–water partition coefficient (Wildman–Crippen LogP) is 0.671. The van der Waals surface area contributed by atoms with Gasteiger partial charge < -0.3 is 20.5 Å². The number of fused-ring (bicyclic) bond motifs is 1. The number of rotatable bonds is 2. The second-order valence-corrected chi connectivity index (χ2v) is 3.97. The highest BCUT2D eigenvalue weighted by atomic mass is 19.1. The van der Waals surface area contributed by atoms with Gasteiger partial charge in [-0.3, -0.25) is 9.59 Å². The van der Waals surface area contributed by atoms with Crippen LogP contribution in [0, 0.1) is 5.82 Å². The third-order valence-electron chi connectivity index (χ3n) is 2.87. The summed E-state index contributed by atoms with van der Waals surface area (Å²) in [5.74, 6) is -3.97. The molecular weight excluding hydrogens is 255 g/mol. The van der Waals surface area contributed by atoms with Gasteiger partial charge in [0.05, 0.1) is 10.9 Å². The molecule has 0 aliphatic carbocycles. The summed E-state index contributed by atoms with van der Waals surface area (Å²) in [6.45, 7) is 2.03. The Morgan fingerprint density at radius 2 is 2.11 bits per heavy atom. The molecule has 2 aromatic rings. The van der Waals surface area contributed by atoms with E-state index >= 15 is 0 Å². The zero-order valence-electron chi connectivity index (χ0n) is 9.98. The molecule has 1 amide bonds. The Morgan fingerprint density at radius 3 is 2.63 bits per heavy atom. The number of primary amides is 1. The van der Waals surface area contributed by atoms with Gasteiger partial charge in [0, 0.05) is 18.8 Å². The van der Waals surface area contributed by atoms with Crippen LogP contribution >= 0.6 is 0 Å². The zero-order chi connectivity index (χ0) is 14.3. The fraction of sp³-hybridized carbons (Fsp3) is 0.167. The van der Waals surface area contributed by atoms with Gasteiger partial charge in [-0.2, -0.15) is 0 Å². The van der Waals surface area contributed by atoms with Crippen LogP contribution in [0.1, 0.15) is 17.3 Å². The van der Waals surface area contributed by atoms with E-state index in [2.05, 4.69) is 0 Å². The maximum atomic E-state index is 13.9. The van der Waals surface area contributed by atoms with Crippen molar-refractivity contribution in [2.45, 2.75) is 13.5 Å². The van der Waals surface area contributed by atoms with Crippen molar-refractivity contribution < 1.29 is 19.4 Å². The van der Waals surface area contributed by atoms with Gasteiger partial charge in [-0.05, 0) is 6.92 Å². The number of aryl methyl sites for hydroxylation is 1. The normalized spacial score (nSPS) is 10.8. The molecule has 0 aliphatic rings. The molecule has 0 atom stereocenters. The highest BCUT2D eigenvalue weighted by molar-refractivity contribution is 5.97. The van der Waals surface area contributed by atoms with E-state index in [0.29, 0.717) is 6.54 Å². The Bertz CT molecular complexity index is 752. The first-order valence-corrected chi connectivity index (χ1v) is 5.45. The van der Waals surface area contributed by atoms with Crippen molar-refractivity contribution in [1.29, 1.82) is 0 Å². The third kappa shape index (κ3) is 1.79. The fourth-order valence-electron chi connectivity index (χ4n) is 1.91. The van der Waals surface area contributed by atoms with Crippen LogP contribution in [0.15, 0.2) is 17.1 Å². The Hall–Kier alpha value is -2.57. The molecule has 4 N–H and O–H groups in total. The number of pyridine rings is 1. The summed E-state index contributed by atoms with van der Waals surface area (Å²) in [6, 6.07) is 1.06. The second kappa shape index (κ2) is 4.27. The van der Waals surface area contributed by atoms with E-state index in [0.717, 1.165) is 6.07 Å². The number of carbonyl (C=O) groups excluding carboxylic acids is 1. The maximum Gasteiger partial charge on any atom is 0.254 e. The van der Waals surface area contributed by atoms with Gasteiger partial charge in [0.25, 0.3) is 5.91 Å². The van der Waals surface area contributed by atoms with Crippen molar-refractivity contribution >= 4 is 16.8 Å². The van der Waals surface area contributed by atoms with Gasteiger partial charge in [-0.25, -0.2) is 4.39 Å². The first-order valence-electron chi connectivity index (χ1n) is 5.45. The largest absolute Gasteiger partial charge is 0.504 e. The minimum Gasteiger partial charge on any atom is -0.504 e. The first kappa shape index (κ1) is 12.9. The van der Waals surface area contributed by atoms with Crippen molar-refractivity contribution in [3.8, 4) is 11.5 Å². The summed E-state index contributed by atoms with van der Waals surface area (Å²) in [5.41, 5.74) is 3.84. The molecule has 1 heterocycles. The number of nitrogens with two attached hydrogens (primary N) is 1. The van der Waals surface area contributed by atoms with Gasteiger partial charge >= 0.3 is 0 Å². The van der Waals surface area contributed by atoms with E-state index in [9.17, 15) is 24.2 Å². The van der Waals surface area contributed by atoms with E-state index in [1.807, 2.05) is 0 Å². The maximum absolute atomic E-state index is 13.9. The van der Waals surface area contributed by atoms with Gasteiger partial charge in [0.1, 0.15) is 5.56 Å². The van der Waals surface area contributed by atoms with E-state index < -0.39 is 34.0 Å². The number of phenolic OH excluding ortho intramolecular Hbond substituents is 2. The highest BCUT2D eigenvalue weighted by Gasteiger charge is 2.20. The van der Waals surface area contributed by atoms with Crippen molar-refractivity contribution in [2.24, 2.45) is 5.73 Å². The number of amides is 1. The summed E-state index contributed by atoms with van der Waals surface area (Å²) in [4.78, 5) is 23.1. The summed E-state index contributed by atoms with van der Waals surface area (Å²) < 4.78 is 15.3. The Balaban J connectivity index is 3.09. The molecule has 0 fully saturated rings. The molecule has 6 nitrogen and oxygen atoms in total. The van der Waals surface area contributed by atoms with Crippen LogP contribution in [0.5, 0.6) is 11.5 Å². The van der Waals surface area contributed by atoms with Crippen LogP contribution < -0.4 is 11.2 Å². The van der Waals surface area contributed by atoms with Gasteiger partial charge in [0.15, 0.2) is 17.3 Å². The van der Waals surface area contributed by atoms with Gasteiger partial charge in [0.2, 0.25) is 5.43 Å². The fourth-order valence-corrected chi connectivity index (χ4v) is 1.91. The molecule has 7 heteroatoms. The van der Waals surface area contributed by atoms with E-state index in [-0.39, 0.29) is 11.1 Å². The molecule has 2 rings (SSSR count). The summed E-state index contributed by atoms with van der Waals surface area (Å²) >= 11 is 0. The molecule has 0 aliphatic heterocycles. The molecular formula is C12H11FN2O4. The molecule has 0 unspecified atom stereocenters. The molecule has 0 bridgehead atoms. The van der Waals surface area contributed by atoms with Crippen molar-refractivity contribution in [3.05, 3.63) is 33.9 Å². The van der Waals surface area contributed by atoms with Crippen LogP contribution in [0.4, 0.5) is 4.39 Å². The smallest absolute Gasteiger partial charge is 0.254 e. The average molecular weight is 266 g/mol. The predicted molar refractivity (Wildman–Crippen MR) is 65.7 cm³/mol. The second-order valence-electron chi connectivity index (χ2n) is 3.97. The van der Waals surface area contributed by atoms with Gasteiger partial charge in [-0.1, -0.05) is 0 Å². The van der Waals surface area contributed by atoms with E-state index in [1.54, 1.807) is 6.92 Å². The molecule has 0 radical (unpaired) electrons. The number of aromatic nitrogens is 1. The topological polar surface area (TPSA) is 106 Å². The average Bonchev–Trinajstić information content (AvgIpc) is 2.35. The number of hydrogen-bond donors (Lipinski definition) is 3. The lowest BCUT2D eigenvalue weighted by Gasteiger charge is -2.12. The van der Waals surface area contributed by atoms with Crippen molar-refractivity contribution in [1.82, 2.24) is 4.57 Å². The third-order valence-corrected chi connectivity index (χ3v) is 2.87. The molecule has 0 saturated heterocycles. The lowest BCUT2D eigenvalue weighted by atomic mass is 10.1.